The molecule has 1 aliphatic rings. The number of anilines is 1. The largest absolute Gasteiger partial charge is 0.351 e. The molecule has 37 heavy (non-hydrogen) atoms. The molecule has 0 aliphatic carbocycles. The van der Waals surface area contributed by atoms with Crippen molar-refractivity contribution in [2.24, 2.45) is 4.99 Å². The number of carbonyl (C=O) groups excluding carboxylic acids is 1. The van der Waals surface area contributed by atoms with Crippen molar-refractivity contribution >= 4 is 35.0 Å². The normalized spacial score (nSPS) is 15.0. The van der Waals surface area contributed by atoms with E-state index in [1.165, 1.54) is 17.7 Å². The Morgan fingerprint density at radius 1 is 1.24 bits per heavy atom. The molecule has 1 fully saturated rings. The fourth-order valence-corrected chi connectivity index (χ4v) is 4.59. The smallest absolute Gasteiger partial charge is 0.209 e. The van der Waals surface area contributed by atoms with Gasteiger partial charge >= 0.3 is 0 Å². The number of carbonyl (C=O) groups is 1. The summed E-state index contributed by atoms with van der Waals surface area (Å²) >= 11 is 0. The monoisotopic (exact) mass is 506 g/mol. The number of amides is 1. The SMILES string of the molecule is C/C=C(/F)C(=NCNc1ccc(C=C2CCN(C=O)CC2)cn1)c1cc(F)c2nc(C)n(C(C)C)c2c1. The second kappa shape index (κ2) is 11.5. The quantitative estimate of drug-likeness (QED) is 0.308. The highest BCUT2D eigenvalue weighted by molar-refractivity contribution is 6.12. The number of allylic oxidation sites excluding steroid dienone is 2. The first-order valence-electron chi connectivity index (χ1n) is 12.4. The molecule has 3 heterocycles. The van der Waals surface area contributed by atoms with Gasteiger partial charge < -0.3 is 14.8 Å². The molecule has 1 saturated heterocycles. The molecule has 2 aromatic heterocycles. The van der Waals surface area contributed by atoms with Gasteiger partial charge in [-0.3, -0.25) is 9.79 Å². The van der Waals surface area contributed by atoms with Gasteiger partial charge in [-0.25, -0.2) is 18.7 Å². The maximum Gasteiger partial charge on any atom is 0.209 e. The zero-order valence-electron chi connectivity index (χ0n) is 21.6. The molecule has 1 amide bonds. The number of nitrogens with one attached hydrogen (secondary N) is 1. The van der Waals surface area contributed by atoms with Crippen molar-refractivity contribution in [3.05, 3.63) is 70.7 Å². The Balaban J connectivity index is 1.51. The molecule has 1 aromatic carbocycles. The van der Waals surface area contributed by atoms with E-state index < -0.39 is 11.6 Å². The van der Waals surface area contributed by atoms with E-state index in [0.29, 0.717) is 22.7 Å². The number of aromatic nitrogens is 3. The maximum absolute atomic E-state index is 14.9. The molecule has 0 unspecified atom stereocenters. The van der Waals surface area contributed by atoms with E-state index in [1.807, 2.05) is 37.5 Å². The number of likely N-dealkylation sites (tertiary alicyclic amines) is 1. The van der Waals surface area contributed by atoms with Crippen molar-refractivity contribution in [1.82, 2.24) is 19.4 Å². The Morgan fingerprint density at radius 2 is 2.00 bits per heavy atom. The van der Waals surface area contributed by atoms with Gasteiger partial charge in [0, 0.05) is 30.9 Å². The number of nitrogens with zero attached hydrogens (tertiary/aromatic N) is 5. The molecule has 7 nitrogen and oxygen atoms in total. The Morgan fingerprint density at radius 3 is 2.62 bits per heavy atom. The average molecular weight is 507 g/mol. The zero-order valence-corrected chi connectivity index (χ0v) is 21.6. The number of piperidine rings is 1. The van der Waals surface area contributed by atoms with E-state index in [1.54, 1.807) is 24.1 Å². The molecule has 3 aromatic rings. The first-order valence-corrected chi connectivity index (χ1v) is 12.4. The van der Waals surface area contributed by atoms with Crippen LogP contribution in [-0.2, 0) is 4.79 Å². The summed E-state index contributed by atoms with van der Waals surface area (Å²) in [5.41, 5.74) is 3.55. The van der Waals surface area contributed by atoms with Gasteiger partial charge in [0.25, 0.3) is 0 Å². The molecule has 0 saturated carbocycles. The summed E-state index contributed by atoms with van der Waals surface area (Å²) in [4.78, 5) is 25.8. The Hall–Kier alpha value is -3.88. The third kappa shape index (κ3) is 5.93. The van der Waals surface area contributed by atoms with Crippen LogP contribution in [0.1, 0.15) is 56.6 Å². The number of aliphatic imine (C=N–C) groups is 1. The number of aryl methyl sites for hydroxylation is 1. The highest BCUT2D eigenvalue weighted by atomic mass is 19.1. The van der Waals surface area contributed by atoms with Crippen LogP contribution < -0.4 is 5.32 Å². The van der Waals surface area contributed by atoms with E-state index >= 15 is 0 Å². The lowest BCUT2D eigenvalue weighted by Gasteiger charge is -2.24. The van der Waals surface area contributed by atoms with E-state index in [-0.39, 0.29) is 23.9 Å². The molecule has 0 bridgehead atoms. The topological polar surface area (TPSA) is 75.4 Å². The van der Waals surface area contributed by atoms with Crippen molar-refractivity contribution < 1.29 is 13.6 Å². The van der Waals surface area contributed by atoms with Gasteiger partial charge in [-0.15, -0.1) is 0 Å². The molecular weight excluding hydrogens is 474 g/mol. The van der Waals surface area contributed by atoms with Crippen LogP contribution in [0, 0.1) is 12.7 Å². The summed E-state index contributed by atoms with van der Waals surface area (Å²) in [6.45, 7) is 8.94. The summed E-state index contributed by atoms with van der Waals surface area (Å²) < 4.78 is 31.7. The number of rotatable bonds is 8. The van der Waals surface area contributed by atoms with Crippen LogP contribution in [0.5, 0.6) is 0 Å². The molecular formula is C28H32F2N6O. The lowest BCUT2D eigenvalue weighted by atomic mass is 10.0. The molecule has 0 atom stereocenters. The highest BCUT2D eigenvalue weighted by Gasteiger charge is 2.18. The standard InChI is InChI=1S/C28H32F2N6O/c1-5-23(29)27(22-13-24(30)28-25(14-22)36(18(2)3)19(4)34-28)33-16-32-26-7-6-21(15-31-26)12-20-8-10-35(17-37)11-9-20/h5-7,12-15,17-18H,8-11,16H2,1-4H3,(H,31,32)/b23-5+,33-27?. The molecule has 194 valence electrons. The van der Waals surface area contributed by atoms with Gasteiger partial charge in [-0.2, -0.15) is 0 Å². The number of hydrogen-bond donors (Lipinski definition) is 1. The minimum Gasteiger partial charge on any atom is -0.351 e. The highest BCUT2D eigenvalue weighted by Crippen LogP contribution is 2.26. The van der Waals surface area contributed by atoms with Gasteiger partial charge in [0.15, 0.2) is 5.82 Å². The fourth-order valence-electron chi connectivity index (χ4n) is 4.59. The van der Waals surface area contributed by atoms with Gasteiger partial charge in [0.1, 0.15) is 35.4 Å². The summed E-state index contributed by atoms with van der Waals surface area (Å²) in [7, 11) is 0. The maximum atomic E-state index is 14.9. The van der Waals surface area contributed by atoms with Gasteiger partial charge in [0.05, 0.1) is 5.52 Å². The first-order chi connectivity index (χ1) is 17.8. The molecule has 4 rings (SSSR count). The second-order valence-corrected chi connectivity index (χ2v) is 9.35. The molecule has 0 spiro atoms. The summed E-state index contributed by atoms with van der Waals surface area (Å²) in [5, 5.41) is 3.08. The molecule has 1 aliphatic heterocycles. The van der Waals surface area contributed by atoms with Crippen molar-refractivity contribution in [2.75, 3.05) is 25.1 Å². The zero-order chi connectivity index (χ0) is 26.5. The average Bonchev–Trinajstić information content (AvgIpc) is 3.24. The van der Waals surface area contributed by atoms with Crippen molar-refractivity contribution in [3.63, 3.8) is 0 Å². The number of pyridine rings is 1. The molecule has 1 N–H and O–H groups in total. The van der Waals surface area contributed by atoms with Gasteiger partial charge in [0.2, 0.25) is 6.41 Å². The Kier molecular flexibility index (Phi) is 8.11. The van der Waals surface area contributed by atoms with Gasteiger partial charge in [-0.1, -0.05) is 11.6 Å². The minimum absolute atomic E-state index is 0.0629. The third-order valence-corrected chi connectivity index (χ3v) is 6.44. The Bertz CT molecular complexity index is 1360. The van der Waals surface area contributed by atoms with Gasteiger partial charge in [-0.05, 0) is 76.4 Å². The van der Waals surface area contributed by atoms with E-state index in [9.17, 15) is 13.6 Å². The lowest BCUT2D eigenvalue weighted by molar-refractivity contribution is -0.118. The number of imidazole rings is 1. The van der Waals surface area contributed by atoms with Crippen LogP contribution >= 0.6 is 0 Å². The fraction of sp³-hybridized carbons (Fsp3) is 0.357. The van der Waals surface area contributed by atoms with Crippen LogP contribution in [0.15, 0.2) is 52.9 Å². The van der Waals surface area contributed by atoms with E-state index in [2.05, 4.69) is 26.4 Å². The number of hydrogen-bond acceptors (Lipinski definition) is 5. The van der Waals surface area contributed by atoms with Crippen LogP contribution in [0.25, 0.3) is 17.1 Å². The summed E-state index contributed by atoms with van der Waals surface area (Å²) in [6.07, 6.45) is 7.78. The van der Waals surface area contributed by atoms with Crippen molar-refractivity contribution in [3.8, 4) is 0 Å². The van der Waals surface area contributed by atoms with Crippen LogP contribution in [0.3, 0.4) is 0 Å². The predicted octanol–water partition coefficient (Wildman–Crippen LogP) is 5.83. The number of halogens is 2. The first kappa shape index (κ1) is 26.2. The van der Waals surface area contributed by atoms with Crippen LogP contribution in [-0.4, -0.2) is 51.3 Å². The number of benzene rings is 1. The van der Waals surface area contributed by atoms with E-state index in [0.717, 1.165) is 37.9 Å². The summed E-state index contributed by atoms with van der Waals surface area (Å²) in [5.74, 6) is 0.243. The Labute approximate surface area is 215 Å². The number of fused-ring (bicyclic) bond motifs is 1. The molecule has 0 radical (unpaired) electrons. The lowest BCUT2D eigenvalue weighted by Crippen LogP contribution is -2.29. The van der Waals surface area contributed by atoms with Crippen LogP contribution in [0.4, 0.5) is 14.6 Å². The third-order valence-electron chi connectivity index (χ3n) is 6.44. The minimum atomic E-state index is -0.538. The second-order valence-electron chi connectivity index (χ2n) is 9.35. The van der Waals surface area contributed by atoms with Crippen molar-refractivity contribution in [1.29, 1.82) is 0 Å². The van der Waals surface area contributed by atoms with Crippen LogP contribution in [0.2, 0.25) is 0 Å². The summed E-state index contributed by atoms with van der Waals surface area (Å²) in [6, 6.07) is 6.87. The van der Waals surface area contributed by atoms with Crippen molar-refractivity contribution in [2.45, 2.75) is 46.6 Å². The van der Waals surface area contributed by atoms with E-state index in [4.69, 9.17) is 0 Å². The predicted molar refractivity (Wildman–Crippen MR) is 144 cm³/mol. The molecule has 9 heteroatoms.